The van der Waals surface area contributed by atoms with Crippen molar-refractivity contribution in [2.24, 2.45) is 0 Å². The summed E-state index contributed by atoms with van der Waals surface area (Å²) in [6, 6.07) is 10.8. The molecule has 0 bridgehead atoms. The molecular formula is C18H19NO4. The standard InChI is InChI=1S/C18H19NO4/c1-3-23-17(22)10-9-16(21)18-15(20)8-7-14(19-18)13-6-4-5-12(2)11-13/h4-8,11,20H,3,9-10H2,1-2H3. The number of ketones is 1. The average molecular weight is 313 g/mol. The number of hydrogen-bond donors (Lipinski definition) is 1. The Morgan fingerprint density at radius 3 is 2.65 bits per heavy atom. The van der Waals surface area contributed by atoms with Gasteiger partial charge in [0.15, 0.2) is 5.78 Å². The molecule has 1 N–H and O–H groups in total. The maximum Gasteiger partial charge on any atom is 0.306 e. The normalized spacial score (nSPS) is 10.3. The maximum atomic E-state index is 12.2. The zero-order valence-electron chi connectivity index (χ0n) is 13.2. The van der Waals surface area contributed by atoms with Crippen LogP contribution >= 0.6 is 0 Å². The molecule has 0 unspecified atom stereocenters. The smallest absolute Gasteiger partial charge is 0.306 e. The summed E-state index contributed by atoms with van der Waals surface area (Å²) < 4.78 is 4.79. The van der Waals surface area contributed by atoms with Crippen LogP contribution < -0.4 is 0 Å². The molecule has 2 rings (SSSR count). The molecule has 0 saturated carbocycles. The Morgan fingerprint density at radius 2 is 1.96 bits per heavy atom. The number of esters is 1. The molecule has 0 aliphatic rings. The van der Waals surface area contributed by atoms with Crippen LogP contribution in [0.2, 0.25) is 0 Å². The monoisotopic (exact) mass is 313 g/mol. The number of carbonyl (C=O) groups excluding carboxylic acids is 2. The van der Waals surface area contributed by atoms with E-state index in [1.165, 1.54) is 6.07 Å². The number of aromatic nitrogens is 1. The largest absolute Gasteiger partial charge is 0.506 e. The highest BCUT2D eigenvalue weighted by molar-refractivity contribution is 5.98. The van der Waals surface area contributed by atoms with Crippen molar-refractivity contribution in [1.29, 1.82) is 0 Å². The van der Waals surface area contributed by atoms with Gasteiger partial charge in [-0.1, -0.05) is 23.8 Å². The SMILES string of the molecule is CCOC(=O)CCC(=O)c1nc(-c2cccc(C)c2)ccc1O. The van der Waals surface area contributed by atoms with E-state index in [0.717, 1.165) is 11.1 Å². The minimum absolute atomic E-state index is 0.0201. The number of carbonyl (C=O) groups is 2. The topological polar surface area (TPSA) is 76.5 Å². The highest BCUT2D eigenvalue weighted by Crippen LogP contribution is 2.24. The number of nitrogens with zero attached hydrogens (tertiary/aromatic N) is 1. The highest BCUT2D eigenvalue weighted by atomic mass is 16.5. The molecule has 0 fully saturated rings. The summed E-state index contributed by atoms with van der Waals surface area (Å²) in [6.07, 6.45) is -0.0703. The van der Waals surface area contributed by atoms with Crippen molar-refractivity contribution in [2.75, 3.05) is 6.61 Å². The quantitative estimate of drug-likeness (QED) is 0.654. The number of pyridine rings is 1. The van der Waals surface area contributed by atoms with Gasteiger partial charge in [0, 0.05) is 12.0 Å². The van der Waals surface area contributed by atoms with Crippen molar-refractivity contribution in [2.45, 2.75) is 26.7 Å². The lowest BCUT2D eigenvalue weighted by atomic mass is 10.1. The van der Waals surface area contributed by atoms with E-state index in [-0.39, 0.29) is 36.7 Å². The number of ether oxygens (including phenoxy) is 1. The predicted octanol–water partition coefficient (Wildman–Crippen LogP) is 3.29. The van der Waals surface area contributed by atoms with E-state index in [1.54, 1.807) is 13.0 Å². The van der Waals surface area contributed by atoms with E-state index in [0.29, 0.717) is 5.69 Å². The van der Waals surface area contributed by atoms with E-state index < -0.39 is 5.97 Å². The van der Waals surface area contributed by atoms with Gasteiger partial charge >= 0.3 is 5.97 Å². The molecule has 0 aliphatic heterocycles. The molecule has 2 aromatic rings. The third kappa shape index (κ3) is 4.39. The number of aromatic hydroxyl groups is 1. The molecule has 1 aromatic heterocycles. The lowest BCUT2D eigenvalue weighted by Crippen LogP contribution is -2.09. The van der Waals surface area contributed by atoms with Crippen molar-refractivity contribution in [3.05, 3.63) is 47.7 Å². The molecule has 0 spiro atoms. The summed E-state index contributed by atoms with van der Waals surface area (Å²) in [5.74, 6) is -1.00. The molecule has 23 heavy (non-hydrogen) atoms. The van der Waals surface area contributed by atoms with Crippen LogP contribution in [0.25, 0.3) is 11.3 Å². The summed E-state index contributed by atoms with van der Waals surface area (Å²) in [6.45, 7) is 3.95. The van der Waals surface area contributed by atoms with Crippen molar-refractivity contribution in [3.63, 3.8) is 0 Å². The van der Waals surface area contributed by atoms with Gasteiger partial charge in [-0.05, 0) is 32.0 Å². The first-order chi connectivity index (χ1) is 11.0. The summed E-state index contributed by atoms with van der Waals surface area (Å²) in [5.41, 5.74) is 2.52. The molecule has 1 aromatic carbocycles. The van der Waals surface area contributed by atoms with Gasteiger partial charge in [-0.2, -0.15) is 0 Å². The lowest BCUT2D eigenvalue weighted by Gasteiger charge is -2.07. The van der Waals surface area contributed by atoms with Crippen LogP contribution in [0.3, 0.4) is 0 Å². The van der Waals surface area contributed by atoms with Gasteiger partial charge in [0.1, 0.15) is 11.4 Å². The van der Waals surface area contributed by atoms with E-state index in [4.69, 9.17) is 4.74 Å². The fourth-order valence-electron chi connectivity index (χ4n) is 2.19. The average Bonchev–Trinajstić information content (AvgIpc) is 2.53. The second-order valence-corrected chi connectivity index (χ2v) is 5.16. The summed E-state index contributed by atoms with van der Waals surface area (Å²) in [7, 11) is 0. The fraction of sp³-hybridized carbons (Fsp3) is 0.278. The van der Waals surface area contributed by atoms with Crippen LogP contribution in [0.4, 0.5) is 0 Å². The van der Waals surface area contributed by atoms with E-state index >= 15 is 0 Å². The first kappa shape index (κ1) is 16.7. The Bertz CT molecular complexity index is 725. The van der Waals surface area contributed by atoms with E-state index in [9.17, 15) is 14.7 Å². The van der Waals surface area contributed by atoms with E-state index in [1.807, 2.05) is 31.2 Å². The minimum atomic E-state index is -0.435. The fourth-order valence-corrected chi connectivity index (χ4v) is 2.19. The van der Waals surface area contributed by atoms with Crippen molar-refractivity contribution < 1.29 is 19.4 Å². The van der Waals surface area contributed by atoms with Gasteiger partial charge in [-0.25, -0.2) is 4.98 Å². The molecule has 120 valence electrons. The number of Topliss-reactive ketones (excluding diaryl/α,β-unsaturated/α-hetero) is 1. The molecule has 0 aliphatic carbocycles. The summed E-state index contributed by atoms with van der Waals surface area (Å²) in [4.78, 5) is 27.8. The van der Waals surface area contributed by atoms with Crippen LogP contribution in [0.15, 0.2) is 36.4 Å². The first-order valence-electron chi connectivity index (χ1n) is 7.47. The molecular weight excluding hydrogens is 294 g/mol. The van der Waals surface area contributed by atoms with Gasteiger partial charge in [0.25, 0.3) is 0 Å². The van der Waals surface area contributed by atoms with Gasteiger partial charge in [-0.3, -0.25) is 9.59 Å². The molecule has 0 amide bonds. The highest BCUT2D eigenvalue weighted by Gasteiger charge is 2.16. The minimum Gasteiger partial charge on any atom is -0.506 e. The molecule has 0 atom stereocenters. The van der Waals surface area contributed by atoms with Gasteiger partial charge in [-0.15, -0.1) is 0 Å². The number of rotatable bonds is 6. The molecule has 5 heteroatoms. The van der Waals surface area contributed by atoms with Gasteiger partial charge < -0.3 is 9.84 Å². The number of hydrogen-bond acceptors (Lipinski definition) is 5. The Labute approximate surface area is 134 Å². The summed E-state index contributed by atoms with van der Waals surface area (Å²) >= 11 is 0. The number of benzene rings is 1. The van der Waals surface area contributed by atoms with E-state index in [2.05, 4.69) is 4.98 Å². The van der Waals surface area contributed by atoms with Gasteiger partial charge in [0.2, 0.25) is 0 Å². The molecule has 1 heterocycles. The maximum absolute atomic E-state index is 12.2. The van der Waals surface area contributed by atoms with Crippen LogP contribution in [-0.4, -0.2) is 28.4 Å². The Morgan fingerprint density at radius 1 is 1.17 bits per heavy atom. The number of aryl methyl sites for hydroxylation is 1. The Kier molecular flexibility index (Phi) is 5.46. The van der Waals surface area contributed by atoms with Crippen LogP contribution in [-0.2, 0) is 9.53 Å². The Hall–Kier alpha value is -2.69. The van der Waals surface area contributed by atoms with Crippen LogP contribution in [0.1, 0.15) is 35.8 Å². The van der Waals surface area contributed by atoms with Crippen LogP contribution in [0.5, 0.6) is 5.75 Å². The second-order valence-electron chi connectivity index (χ2n) is 5.16. The molecule has 0 radical (unpaired) electrons. The van der Waals surface area contributed by atoms with Crippen LogP contribution in [0, 0.1) is 6.92 Å². The lowest BCUT2D eigenvalue weighted by molar-refractivity contribution is -0.143. The zero-order valence-corrected chi connectivity index (χ0v) is 13.2. The van der Waals surface area contributed by atoms with Crippen molar-refractivity contribution >= 4 is 11.8 Å². The zero-order chi connectivity index (χ0) is 16.8. The second kappa shape index (κ2) is 7.54. The molecule has 5 nitrogen and oxygen atoms in total. The van der Waals surface area contributed by atoms with Crippen molar-refractivity contribution in [1.82, 2.24) is 4.98 Å². The third-order valence-corrected chi connectivity index (χ3v) is 3.31. The Balaban J connectivity index is 2.20. The predicted molar refractivity (Wildman–Crippen MR) is 86.3 cm³/mol. The van der Waals surface area contributed by atoms with Gasteiger partial charge in [0.05, 0.1) is 18.7 Å². The first-order valence-corrected chi connectivity index (χ1v) is 7.47. The summed E-state index contributed by atoms with van der Waals surface area (Å²) in [5, 5.41) is 9.88. The third-order valence-electron chi connectivity index (χ3n) is 3.31. The molecule has 0 saturated heterocycles. The van der Waals surface area contributed by atoms with Crippen molar-refractivity contribution in [3.8, 4) is 17.0 Å².